The minimum Gasteiger partial charge on any atom is -0.356 e. The van der Waals surface area contributed by atoms with Crippen LogP contribution in [0.4, 0.5) is 24.9 Å². The van der Waals surface area contributed by atoms with E-state index in [0.717, 1.165) is 38.4 Å². The van der Waals surface area contributed by atoms with E-state index in [9.17, 15) is 13.2 Å². The molecule has 0 radical (unpaired) electrons. The van der Waals surface area contributed by atoms with E-state index in [1.54, 1.807) is 0 Å². The van der Waals surface area contributed by atoms with Gasteiger partial charge >= 0.3 is 6.18 Å². The monoisotopic (exact) mass is 411 g/mol. The number of hydrogen-bond donors (Lipinski definition) is 1. The van der Waals surface area contributed by atoms with E-state index in [-0.39, 0.29) is 24.9 Å². The van der Waals surface area contributed by atoms with Gasteiger partial charge in [0.05, 0.1) is 5.92 Å². The minimum absolute atomic E-state index is 0.259. The van der Waals surface area contributed by atoms with Crippen LogP contribution in [0.25, 0.3) is 0 Å². The number of nitrogens with zero attached hydrogens (tertiary/aromatic N) is 4. The molecule has 0 aromatic carbocycles. The second-order valence-corrected chi connectivity index (χ2v) is 8.81. The number of halogens is 3. The largest absolute Gasteiger partial charge is 0.391 e. The number of alkyl halides is 3. The lowest BCUT2D eigenvalue weighted by molar-refractivity contribution is -0.184. The van der Waals surface area contributed by atoms with Gasteiger partial charge < -0.3 is 10.2 Å². The summed E-state index contributed by atoms with van der Waals surface area (Å²) in [6.45, 7) is 3.89. The second-order valence-electron chi connectivity index (χ2n) is 8.81. The van der Waals surface area contributed by atoms with Crippen molar-refractivity contribution in [1.29, 1.82) is 0 Å². The Morgan fingerprint density at radius 3 is 2.34 bits per heavy atom. The molecular weight excluding hydrogens is 379 g/mol. The molecule has 162 valence electrons. The lowest BCUT2D eigenvalue weighted by Gasteiger charge is -2.35. The minimum atomic E-state index is -4.03. The normalized spacial score (nSPS) is 29.6. The molecule has 0 spiro atoms. The van der Waals surface area contributed by atoms with Crippen molar-refractivity contribution >= 4 is 11.8 Å². The molecule has 3 fully saturated rings. The first kappa shape index (κ1) is 20.7. The van der Waals surface area contributed by atoms with Crippen molar-refractivity contribution in [3.05, 3.63) is 12.3 Å². The van der Waals surface area contributed by atoms with Crippen LogP contribution in [0.2, 0.25) is 0 Å². The number of hydrogen-bond acceptors (Lipinski definition) is 5. The van der Waals surface area contributed by atoms with E-state index < -0.39 is 12.1 Å². The van der Waals surface area contributed by atoms with Gasteiger partial charge in [0.2, 0.25) is 5.95 Å². The number of aromatic nitrogens is 2. The fourth-order valence-corrected chi connectivity index (χ4v) is 5.08. The molecule has 5 nitrogen and oxygen atoms in total. The predicted octanol–water partition coefficient (Wildman–Crippen LogP) is 4.46. The molecule has 1 saturated carbocycles. The van der Waals surface area contributed by atoms with Gasteiger partial charge in [-0.3, -0.25) is 4.90 Å². The Kier molecular flexibility index (Phi) is 6.47. The van der Waals surface area contributed by atoms with Crippen molar-refractivity contribution in [3.8, 4) is 0 Å². The Balaban J connectivity index is 1.29. The number of likely N-dealkylation sites (tertiary alicyclic amines) is 1. The third kappa shape index (κ3) is 5.32. The summed E-state index contributed by atoms with van der Waals surface area (Å²) in [5.41, 5.74) is 0. The highest BCUT2D eigenvalue weighted by molar-refractivity contribution is 5.43. The predicted molar refractivity (Wildman–Crippen MR) is 108 cm³/mol. The lowest BCUT2D eigenvalue weighted by Crippen LogP contribution is -2.40. The molecule has 3 heterocycles. The number of rotatable bonds is 4. The van der Waals surface area contributed by atoms with Gasteiger partial charge in [0.15, 0.2) is 0 Å². The fourth-order valence-electron chi connectivity index (χ4n) is 5.08. The Hall–Kier alpha value is -1.57. The molecule has 1 aromatic heterocycles. The van der Waals surface area contributed by atoms with Crippen LogP contribution in [0.15, 0.2) is 12.3 Å². The first-order chi connectivity index (χ1) is 14.0. The highest BCUT2D eigenvalue weighted by atomic mass is 19.4. The van der Waals surface area contributed by atoms with Crippen molar-refractivity contribution < 1.29 is 13.2 Å². The van der Waals surface area contributed by atoms with E-state index in [0.29, 0.717) is 18.8 Å². The van der Waals surface area contributed by atoms with Gasteiger partial charge in [-0.25, -0.2) is 4.98 Å². The molecular formula is C21H32F3N5. The molecule has 1 unspecified atom stereocenters. The van der Waals surface area contributed by atoms with Crippen LogP contribution in [0.3, 0.4) is 0 Å². The van der Waals surface area contributed by atoms with Crippen LogP contribution in [0, 0.1) is 5.92 Å². The Morgan fingerprint density at radius 1 is 0.931 bits per heavy atom. The van der Waals surface area contributed by atoms with Crippen LogP contribution in [0.1, 0.15) is 57.8 Å². The van der Waals surface area contributed by atoms with Crippen LogP contribution >= 0.6 is 0 Å². The zero-order chi connectivity index (χ0) is 20.3. The fraction of sp³-hybridized carbons (Fsp3) is 0.810. The quantitative estimate of drug-likeness (QED) is 0.792. The molecule has 1 aliphatic carbocycles. The number of nitrogens with one attached hydrogen (secondary N) is 1. The summed E-state index contributed by atoms with van der Waals surface area (Å²) in [5.74, 6) is 0.550. The Morgan fingerprint density at radius 2 is 1.66 bits per heavy atom. The lowest BCUT2D eigenvalue weighted by atomic mass is 9.85. The summed E-state index contributed by atoms with van der Waals surface area (Å²) < 4.78 is 38.7. The molecule has 2 aliphatic heterocycles. The average Bonchev–Trinajstić information content (AvgIpc) is 3.00. The Bertz CT molecular complexity index is 652. The maximum absolute atomic E-state index is 12.9. The standard InChI is InChI=1S/C21H32F3N5/c22-21(23,24)16-5-7-18(8-6-16)29-14-10-17(15-29)26-20-25-11-9-19(27-20)28-12-3-1-2-4-13-28/h9,11,16-18H,1-8,10,12-15H2,(H,25,26,27). The summed E-state index contributed by atoms with van der Waals surface area (Å²) in [5, 5.41) is 3.47. The van der Waals surface area contributed by atoms with Crippen molar-refractivity contribution in [3.63, 3.8) is 0 Å². The van der Waals surface area contributed by atoms with E-state index in [1.807, 2.05) is 12.3 Å². The summed E-state index contributed by atoms with van der Waals surface area (Å²) in [6, 6.07) is 2.52. The maximum Gasteiger partial charge on any atom is 0.391 e. The molecule has 3 aliphatic rings. The second kappa shape index (κ2) is 9.06. The summed E-state index contributed by atoms with van der Waals surface area (Å²) in [6.07, 6.45) is 5.60. The Labute approximate surface area is 171 Å². The molecule has 1 N–H and O–H groups in total. The molecule has 2 saturated heterocycles. The van der Waals surface area contributed by atoms with Crippen molar-refractivity contribution in [2.45, 2.75) is 76.0 Å². The highest BCUT2D eigenvalue weighted by Gasteiger charge is 2.42. The molecule has 4 rings (SSSR count). The first-order valence-electron chi connectivity index (χ1n) is 11.1. The van der Waals surface area contributed by atoms with Crippen molar-refractivity contribution in [2.24, 2.45) is 5.92 Å². The van der Waals surface area contributed by atoms with Crippen molar-refractivity contribution in [2.75, 3.05) is 36.4 Å². The maximum atomic E-state index is 12.9. The average molecular weight is 412 g/mol. The zero-order valence-electron chi connectivity index (χ0n) is 17.0. The van der Waals surface area contributed by atoms with Gasteiger partial charge in [-0.15, -0.1) is 0 Å². The van der Waals surface area contributed by atoms with Crippen LogP contribution in [-0.4, -0.2) is 59.3 Å². The van der Waals surface area contributed by atoms with Gasteiger partial charge in [0.1, 0.15) is 5.82 Å². The van der Waals surface area contributed by atoms with Crippen LogP contribution in [0.5, 0.6) is 0 Å². The third-order valence-electron chi connectivity index (χ3n) is 6.80. The zero-order valence-corrected chi connectivity index (χ0v) is 17.0. The summed E-state index contributed by atoms with van der Waals surface area (Å²) in [7, 11) is 0. The highest BCUT2D eigenvalue weighted by Crippen LogP contribution is 2.39. The van der Waals surface area contributed by atoms with E-state index in [2.05, 4.69) is 20.1 Å². The van der Waals surface area contributed by atoms with Gasteiger partial charge in [-0.1, -0.05) is 12.8 Å². The SMILES string of the molecule is FC(F)(F)C1CCC(N2CCC(Nc3nccc(N4CCCCCC4)n3)C2)CC1. The molecule has 1 aromatic rings. The summed E-state index contributed by atoms with van der Waals surface area (Å²) in [4.78, 5) is 13.9. The van der Waals surface area contributed by atoms with Gasteiger partial charge in [0.25, 0.3) is 0 Å². The third-order valence-corrected chi connectivity index (χ3v) is 6.80. The van der Waals surface area contributed by atoms with Gasteiger partial charge in [-0.05, 0) is 51.0 Å². The smallest absolute Gasteiger partial charge is 0.356 e. The van der Waals surface area contributed by atoms with Gasteiger partial charge in [-0.2, -0.15) is 18.2 Å². The topological polar surface area (TPSA) is 44.3 Å². The van der Waals surface area contributed by atoms with Crippen LogP contribution < -0.4 is 10.2 Å². The molecule has 8 heteroatoms. The van der Waals surface area contributed by atoms with E-state index in [4.69, 9.17) is 4.98 Å². The molecule has 0 bridgehead atoms. The van der Waals surface area contributed by atoms with Crippen molar-refractivity contribution in [1.82, 2.24) is 14.9 Å². The molecule has 0 amide bonds. The summed E-state index contributed by atoms with van der Waals surface area (Å²) >= 11 is 0. The van der Waals surface area contributed by atoms with Crippen LogP contribution in [-0.2, 0) is 0 Å². The molecule has 1 atom stereocenters. The van der Waals surface area contributed by atoms with Gasteiger partial charge in [0, 0.05) is 44.5 Å². The van der Waals surface area contributed by atoms with E-state index in [1.165, 1.54) is 25.7 Å². The van der Waals surface area contributed by atoms with E-state index >= 15 is 0 Å². The first-order valence-corrected chi connectivity index (χ1v) is 11.1. The molecule has 29 heavy (non-hydrogen) atoms. The number of anilines is 2.